The van der Waals surface area contributed by atoms with Gasteiger partial charge in [0.05, 0.1) is 12.8 Å². The van der Waals surface area contributed by atoms with Gasteiger partial charge in [0, 0.05) is 10.5 Å². The van der Waals surface area contributed by atoms with Crippen molar-refractivity contribution in [2.75, 3.05) is 6.61 Å². The highest BCUT2D eigenvalue weighted by atomic mass is 32.2. The number of ether oxygens (including phenoxy) is 1. The van der Waals surface area contributed by atoms with Gasteiger partial charge in [-0.15, -0.1) is 5.10 Å². The van der Waals surface area contributed by atoms with Gasteiger partial charge in [0.25, 0.3) is 0 Å². The molecule has 0 bridgehead atoms. The third-order valence-electron chi connectivity index (χ3n) is 5.01. The van der Waals surface area contributed by atoms with Crippen LogP contribution in [-0.2, 0) is 4.74 Å². The molecule has 0 spiro atoms. The van der Waals surface area contributed by atoms with Crippen molar-refractivity contribution in [2.24, 2.45) is 0 Å². The van der Waals surface area contributed by atoms with Crippen LogP contribution in [0, 0.1) is 6.92 Å². The lowest BCUT2D eigenvalue weighted by Crippen LogP contribution is -2.55. The third kappa shape index (κ3) is 4.22. The van der Waals surface area contributed by atoms with Crippen molar-refractivity contribution in [1.82, 2.24) is 15.0 Å². The lowest BCUT2D eigenvalue weighted by molar-refractivity contribution is -0.178. The fourth-order valence-corrected chi connectivity index (χ4v) is 4.45. The van der Waals surface area contributed by atoms with Gasteiger partial charge in [-0.1, -0.05) is 65.0 Å². The Labute approximate surface area is 173 Å². The molecule has 3 N–H and O–H groups in total. The Morgan fingerprint density at radius 2 is 1.76 bits per heavy atom. The van der Waals surface area contributed by atoms with E-state index in [1.54, 1.807) is 6.20 Å². The molecule has 1 saturated heterocycles. The molecule has 152 valence electrons. The highest BCUT2D eigenvalue weighted by Crippen LogP contribution is 2.38. The lowest BCUT2D eigenvalue weighted by atomic mass is 9.97. The Hall–Kier alpha value is -2.23. The second-order valence-corrected chi connectivity index (χ2v) is 8.25. The van der Waals surface area contributed by atoms with E-state index < -0.39 is 29.8 Å². The van der Waals surface area contributed by atoms with Crippen molar-refractivity contribution >= 4 is 11.8 Å². The van der Waals surface area contributed by atoms with Crippen molar-refractivity contribution in [3.8, 4) is 11.3 Å². The van der Waals surface area contributed by atoms with E-state index in [9.17, 15) is 15.3 Å². The molecule has 7 nitrogen and oxygen atoms in total. The Bertz CT molecular complexity index is 935. The van der Waals surface area contributed by atoms with Crippen LogP contribution in [0.1, 0.15) is 11.6 Å². The Morgan fingerprint density at radius 1 is 1.03 bits per heavy atom. The number of benzene rings is 2. The van der Waals surface area contributed by atoms with Crippen molar-refractivity contribution in [1.29, 1.82) is 0 Å². The van der Waals surface area contributed by atoms with Gasteiger partial charge in [-0.05, 0) is 19.1 Å². The average Bonchev–Trinajstić information content (AvgIpc) is 3.22. The molecular formula is C21H23N3O4S. The number of nitrogens with zero attached hydrogens (tertiary/aromatic N) is 3. The molecule has 2 aromatic carbocycles. The number of aliphatic hydroxyl groups is 3. The molecule has 0 unspecified atom stereocenters. The molecule has 1 aromatic heterocycles. The first kappa shape index (κ1) is 20.1. The van der Waals surface area contributed by atoms with E-state index in [1.807, 2.05) is 61.5 Å². The number of hydrogen-bond acceptors (Lipinski definition) is 7. The van der Waals surface area contributed by atoms with Gasteiger partial charge in [0.15, 0.2) is 0 Å². The maximum atomic E-state index is 11.0. The van der Waals surface area contributed by atoms with E-state index in [0.29, 0.717) is 5.69 Å². The zero-order valence-electron chi connectivity index (χ0n) is 15.9. The van der Waals surface area contributed by atoms with Gasteiger partial charge in [-0.25, -0.2) is 4.68 Å². The van der Waals surface area contributed by atoms with E-state index in [4.69, 9.17) is 4.74 Å². The standard InChI is InChI=1S/C21H23N3O4S/c1-13-7-9-15(10-8-13)29-21-20(27)18(19(26)17(12-25)28-21)24-11-16(22-23-24)14-5-3-2-4-6-14/h2-11,17-21,25-27H,12H2,1H3/t17-,18+,19+,20-,21+/m1/s1. The summed E-state index contributed by atoms with van der Waals surface area (Å²) in [6.45, 7) is 1.64. The summed E-state index contributed by atoms with van der Waals surface area (Å²) in [6.07, 6.45) is -1.32. The monoisotopic (exact) mass is 413 g/mol. The number of aromatic nitrogens is 3. The molecule has 1 fully saturated rings. The maximum Gasteiger partial charge on any atom is 0.136 e. The van der Waals surface area contributed by atoms with Crippen LogP contribution in [0.15, 0.2) is 65.7 Å². The van der Waals surface area contributed by atoms with Crippen LogP contribution in [0.5, 0.6) is 0 Å². The fraction of sp³-hybridized carbons (Fsp3) is 0.333. The summed E-state index contributed by atoms with van der Waals surface area (Å²) in [5, 5.41) is 39.7. The second-order valence-electron chi connectivity index (χ2n) is 7.08. The van der Waals surface area contributed by atoms with Crippen molar-refractivity contribution in [2.45, 2.75) is 41.6 Å². The SMILES string of the molecule is Cc1ccc(S[C@@H]2O[C@H](CO)[C@H](O)[C@H](n3cc(-c4ccccc4)nn3)[C@H]2O)cc1. The zero-order chi connectivity index (χ0) is 20.4. The quantitative estimate of drug-likeness (QED) is 0.588. The molecule has 8 heteroatoms. The number of aliphatic hydroxyl groups excluding tert-OH is 3. The topological polar surface area (TPSA) is 101 Å². The summed E-state index contributed by atoms with van der Waals surface area (Å²) in [4.78, 5) is 0.926. The van der Waals surface area contributed by atoms with E-state index in [0.717, 1.165) is 16.0 Å². The molecule has 3 aromatic rings. The van der Waals surface area contributed by atoms with Gasteiger partial charge in [-0.3, -0.25) is 0 Å². The van der Waals surface area contributed by atoms with E-state index >= 15 is 0 Å². The molecule has 0 amide bonds. The molecule has 29 heavy (non-hydrogen) atoms. The van der Waals surface area contributed by atoms with Crippen LogP contribution in [-0.4, -0.2) is 60.7 Å². The molecule has 1 aliphatic rings. The van der Waals surface area contributed by atoms with Crippen molar-refractivity contribution < 1.29 is 20.1 Å². The van der Waals surface area contributed by atoms with Gasteiger partial charge in [0.2, 0.25) is 0 Å². The summed E-state index contributed by atoms with van der Waals surface area (Å²) < 4.78 is 7.25. The molecule has 4 rings (SSSR count). The van der Waals surface area contributed by atoms with Gasteiger partial charge < -0.3 is 20.1 Å². The summed E-state index contributed by atoms with van der Waals surface area (Å²) >= 11 is 1.35. The predicted octanol–water partition coefficient (Wildman–Crippen LogP) is 2.03. The molecular weight excluding hydrogens is 390 g/mol. The van der Waals surface area contributed by atoms with Gasteiger partial charge in [-0.2, -0.15) is 0 Å². The maximum absolute atomic E-state index is 11.0. The summed E-state index contributed by atoms with van der Waals surface area (Å²) in [6, 6.07) is 16.6. The number of hydrogen-bond donors (Lipinski definition) is 3. The van der Waals surface area contributed by atoms with Crippen LogP contribution >= 0.6 is 11.8 Å². The van der Waals surface area contributed by atoms with Crippen LogP contribution < -0.4 is 0 Å². The van der Waals surface area contributed by atoms with Crippen LogP contribution in [0.2, 0.25) is 0 Å². The minimum absolute atomic E-state index is 0.365. The molecule has 1 aliphatic heterocycles. The van der Waals surface area contributed by atoms with E-state index in [-0.39, 0.29) is 6.61 Å². The Morgan fingerprint density at radius 3 is 2.45 bits per heavy atom. The highest BCUT2D eigenvalue weighted by molar-refractivity contribution is 7.99. The largest absolute Gasteiger partial charge is 0.394 e. The smallest absolute Gasteiger partial charge is 0.136 e. The first-order valence-electron chi connectivity index (χ1n) is 9.40. The molecule has 0 aliphatic carbocycles. The van der Waals surface area contributed by atoms with Crippen molar-refractivity contribution in [3.05, 3.63) is 66.4 Å². The van der Waals surface area contributed by atoms with E-state index in [2.05, 4.69) is 10.3 Å². The minimum atomic E-state index is -1.13. The lowest BCUT2D eigenvalue weighted by Gasteiger charge is -2.41. The number of thioether (sulfide) groups is 1. The molecule has 0 radical (unpaired) electrons. The van der Waals surface area contributed by atoms with Crippen LogP contribution in [0.3, 0.4) is 0 Å². The summed E-state index contributed by atoms with van der Waals surface area (Å²) in [7, 11) is 0. The Kier molecular flexibility index (Phi) is 5.98. The van der Waals surface area contributed by atoms with Crippen molar-refractivity contribution in [3.63, 3.8) is 0 Å². The molecule has 5 atom stereocenters. The normalized spacial score (nSPS) is 27.1. The van der Waals surface area contributed by atoms with Crippen LogP contribution in [0.25, 0.3) is 11.3 Å². The summed E-state index contributed by atoms with van der Waals surface area (Å²) in [5.74, 6) is 0. The number of aryl methyl sites for hydroxylation is 1. The number of rotatable bonds is 5. The second kappa shape index (κ2) is 8.64. The predicted molar refractivity (Wildman–Crippen MR) is 109 cm³/mol. The van der Waals surface area contributed by atoms with Gasteiger partial charge in [0.1, 0.15) is 35.5 Å². The minimum Gasteiger partial charge on any atom is -0.394 e. The fourth-order valence-electron chi connectivity index (χ4n) is 3.39. The van der Waals surface area contributed by atoms with E-state index in [1.165, 1.54) is 16.4 Å². The van der Waals surface area contributed by atoms with Crippen LogP contribution in [0.4, 0.5) is 0 Å². The first-order chi connectivity index (χ1) is 14.1. The molecule has 0 saturated carbocycles. The van der Waals surface area contributed by atoms with Gasteiger partial charge >= 0.3 is 0 Å². The summed E-state index contributed by atoms with van der Waals surface area (Å²) in [5.41, 5.74) is 1.99. The Balaban J connectivity index is 1.60. The first-order valence-corrected chi connectivity index (χ1v) is 10.3. The third-order valence-corrected chi connectivity index (χ3v) is 6.17. The zero-order valence-corrected chi connectivity index (χ0v) is 16.7. The molecule has 2 heterocycles. The highest BCUT2D eigenvalue weighted by Gasteiger charge is 2.46. The average molecular weight is 413 g/mol.